The number of rotatable bonds is 2. The number of nitrogens with one attached hydrogen (secondary N) is 1. The van der Waals surface area contributed by atoms with E-state index in [0.29, 0.717) is 0 Å². The largest absolute Gasteiger partial charge is 0.354 e. The number of pyridine rings is 2. The van der Waals surface area contributed by atoms with Crippen LogP contribution in [0.4, 0.5) is 11.4 Å². The van der Waals surface area contributed by atoms with E-state index in [9.17, 15) is 0 Å². The van der Waals surface area contributed by atoms with Crippen LogP contribution in [0, 0.1) is 6.92 Å². The Balaban J connectivity index is 2.04. The van der Waals surface area contributed by atoms with Crippen molar-refractivity contribution in [2.75, 3.05) is 5.32 Å². The van der Waals surface area contributed by atoms with Crippen LogP contribution in [0.1, 0.15) is 5.56 Å². The average Bonchev–Trinajstić information content (AvgIpc) is 2.43. The van der Waals surface area contributed by atoms with Gasteiger partial charge in [-0.3, -0.25) is 9.97 Å². The SMILES string of the molecule is Cc1ccc(Nc2ccnc3cc(Br)cnc23)cc1Br. The molecule has 2 aromatic heterocycles. The number of aryl methyl sites for hydroxylation is 1. The number of aromatic nitrogens is 2. The minimum atomic E-state index is 0.854. The van der Waals surface area contributed by atoms with E-state index >= 15 is 0 Å². The van der Waals surface area contributed by atoms with Crippen molar-refractivity contribution in [1.82, 2.24) is 9.97 Å². The van der Waals surface area contributed by atoms with Gasteiger partial charge in [0.15, 0.2) is 0 Å². The number of halogens is 2. The third-order valence-electron chi connectivity index (χ3n) is 2.99. The Hall–Kier alpha value is -1.46. The van der Waals surface area contributed by atoms with Crippen molar-refractivity contribution in [3.63, 3.8) is 0 Å². The Morgan fingerprint density at radius 1 is 1.05 bits per heavy atom. The molecule has 0 spiro atoms. The van der Waals surface area contributed by atoms with Gasteiger partial charge in [-0.05, 0) is 52.7 Å². The van der Waals surface area contributed by atoms with Crippen molar-refractivity contribution in [3.05, 3.63) is 57.2 Å². The van der Waals surface area contributed by atoms with Crippen molar-refractivity contribution in [2.24, 2.45) is 0 Å². The van der Waals surface area contributed by atoms with Gasteiger partial charge in [0.2, 0.25) is 0 Å². The summed E-state index contributed by atoms with van der Waals surface area (Å²) in [5.74, 6) is 0. The third-order valence-corrected chi connectivity index (χ3v) is 4.28. The quantitative estimate of drug-likeness (QED) is 0.650. The zero-order valence-corrected chi connectivity index (χ0v) is 13.9. The standard InChI is InChI=1S/C15H11Br2N3/c1-9-2-3-11(7-12(9)17)20-13-4-5-18-14-6-10(16)8-19-15(13)14/h2-8H,1H3,(H,18,20). The molecule has 0 aliphatic rings. The van der Waals surface area contributed by atoms with Gasteiger partial charge in [0.25, 0.3) is 0 Å². The first-order valence-corrected chi connectivity index (χ1v) is 7.65. The number of fused-ring (bicyclic) bond motifs is 1. The van der Waals surface area contributed by atoms with Crippen molar-refractivity contribution in [1.29, 1.82) is 0 Å². The maximum atomic E-state index is 4.43. The van der Waals surface area contributed by atoms with Crippen LogP contribution >= 0.6 is 31.9 Å². The van der Waals surface area contributed by atoms with E-state index in [2.05, 4.69) is 66.2 Å². The van der Waals surface area contributed by atoms with Gasteiger partial charge in [0.05, 0.1) is 11.2 Å². The molecule has 20 heavy (non-hydrogen) atoms. The lowest BCUT2D eigenvalue weighted by Crippen LogP contribution is -1.94. The fraction of sp³-hybridized carbons (Fsp3) is 0.0667. The predicted octanol–water partition coefficient (Wildman–Crippen LogP) is 5.21. The third kappa shape index (κ3) is 2.69. The molecule has 3 aromatic rings. The molecule has 0 unspecified atom stereocenters. The highest BCUT2D eigenvalue weighted by Gasteiger charge is 2.05. The van der Waals surface area contributed by atoms with Crippen LogP contribution in [0.3, 0.4) is 0 Å². The second-order valence-electron chi connectivity index (χ2n) is 4.47. The van der Waals surface area contributed by atoms with Crippen LogP contribution in [0.15, 0.2) is 51.7 Å². The Kier molecular flexibility index (Phi) is 3.72. The van der Waals surface area contributed by atoms with Gasteiger partial charge < -0.3 is 5.32 Å². The number of benzene rings is 1. The number of hydrogen-bond donors (Lipinski definition) is 1. The molecule has 0 radical (unpaired) electrons. The van der Waals surface area contributed by atoms with E-state index in [1.54, 1.807) is 12.4 Å². The highest BCUT2D eigenvalue weighted by molar-refractivity contribution is 9.10. The number of anilines is 2. The molecular weight excluding hydrogens is 382 g/mol. The van der Waals surface area contributed by atoms with Crippen LogP contribution in [0.5, 0.6) is 0 Å². The van der Waals surface area contributed by atoms with E-state index in [4.69, 9.17) is 0 Å². The maximum Gasteiger partial charge on any atom is 0.112 e. The molecule has 2 heterocycles. The molecule has 0 aliphatic heterocycles. The first kappa shape index (κ1) is 13.5. The van der Waals surface area contributed by atoms with Crippen LogP contribution < -0.4 is 5.32 Å². The van der Waals surface area contributed by atoms with Crippen molar-refractivity contribution >= 4 is 54.3 Å². The molecule has 3 rings (SSSR count). The molecule has 0 bridgehead atoms. The lowest BCUT2D eigenvalue weighted by Gasteiger charge is -2.10. The first-order chi connectivity index (χ1) is 9.63. The van der Waals surface area contributed by atoms with E-state index < -0.39 is 0 Å². The van der Waals surface area contributed by atoms with E-state index in [1.807, 2.05) is 18.2 Å². The monoisotopic (exact) mass is 391 g/mol. The summed E-state index contributed by atoms with van der Waals surface area (Å²) in [6.45, 7) is 2.06. The van der Waals surface area contributed by atoms with Crippen molar-refractivity contribution in [3.8, 4) is 0 Å². The summed E-state index contributed by atoms with van der Waals surface area (Å²) in [6.07, 6.45) is 3.56. The Bertz CT molecular complexity index is 787. The minimum absolute atomic E-state index is 0.854. The molecule has 1 aromatic carbocycles. The molecule has 0 aliphatic carbocycles. The highest BCUT2D eigenvalue weighted by atomic mass is 79.9. The topological polar surface area (TPSA) is 37.8 Å². The molecular formula is C15H11Br2N3. The smallest absolute Gasteiger partial charge is 0.112 e. The molecule has 0 fully saturated rings. The summed E-state index contributed by atoms with van der Waals surface area (Å²) in [7, 11) is 0. The normalized spacial score (nSPS) is 10.8. The van der Waals surface area contributed by atoms with Gasteiger partial charge in [-0.25, -0.2) is 0 Å². The summed E-state index contributed by atoms with van der Waals surface area (Å²) < 4.78 is 2.00. The summed E-state index contributed by atoms with van der Waals surface area (Å²) in [5.41, 5.74) is 4.87. The molecule has 0 amide bonds. The Morgan fingerprint density at radius 2 is 1.90 bits per heavy atom. The van der Waals surface area contributed by atoms with Gasteiger partial charge in [0, 0.05) is 27.0 Å². The predicted molar refractivity (Wildman–Crippen MR) is 89.4 cm³/mol. The fourth-order valence-electron chi connectivity index (χ4n) is 1.93. The van der Waals surface area contributed by atoms with Crippen LogP contribution in [0.25, 0.3) is 11.0 Å². The van der Waals surface area contributed by atoms with Gasteiger partial charge >= 0.3 is 0 Å². The molecule has 1 N–H and O–H groups in total. The molecule has 0 saturated carbocycles. The van der Waals surface area contributed by atoms with Crippen LogP contribution in [-0.4, -0.2) is 9.97 Å². The fourth-order valence-corrected chi connectivity index (χ4v) is 2.63. The lowest BCUT2D eigenvalue weighted by molar-refractivity contribution is 1.32. The maximum absolute atomic E-state index is 4.43. The molecule has 0 saturated heterocycles. The summed E-state index contributed by atoms with van der Waals surface area (Å²) >= 11 is 6.96. The molecule has 5 heteroatoms. The van der Waals surface area contributed by atoms with Crippen molar-refractivity contribution < 1.29 is 0 Å². The van der Waals surface area contributed by atoms with Gasteiger partial charge in [-0.1, -0.05) is 22.0 Å². The van der Waals surface area contributed by atoms with E-state index in [1.165, 1.54) is 5.56 Å². The van der Waals surface area contributed by atoms with Crippen LogP contribution in [-0.2, 0) is 0 Å². The summed E-state index contributed by atoms with van der Waals surface area (Å²) in [4.78, 5) is 8.77. The Labute approximate surface area is 133 Å². The van der Waals surface area contributed by atoms with Gasteiger partial charge in [-0.2, -0.15) is 0 Å². The first-order valence-electron chi connectivity index (χ1n) is 6.07. The molecule has 100 valence electrons. The second-order valence-corrected chi connectivity index (χ2v) is 6.24. The van der Waals surface area contributed by atoms with Gasteiger partial charge in [0.1, 0.15) is 5.52 Å². The number of hydrogen-bond acceptors (Lipinski definition) is 3. The number of nitrogens with zero attached hydrogens (tertiary/aromatic N) is 2. The minimum Gasteiger partial charge on any atom is -0.354 e. The summed E-state index contributed by atoms with van der Waals surface area (Å²) in [5, 5.41) is 3.39. The van der Waals surface area contributed by atoms with Crippen LogP contribution in [0.2, 0.25) is 0 Å². The zero-order valence-electron chi connectivity index (χ0n) is 10.7. The van der Waals surface area contributed by atoms with E-state index in [0.717, 1.165) is 31.4 Å². The summed E-state index contributed by atoms with van der Waals surface area (Å²) in [6, 6.07) is 10.1. The van der Waals surface area contributed by atoms with Gasteiger partial charge in [-0.15, -0.1) is 0 Å². The average molecular weight is 393 g/mol. The highest BCUT2D eigenvalue weighted by Crippen LogP contribution is 2.27. The second kappa shape index (κ2) is 5.50. The Morgan fingerprint density at radius 3 is 2.70 bits per heavy atom. The van der Waals surface area contributed by atoms with E-state index in [-0.39, 0.29) is 0 Å². The van der Waals surface area contributed by atoms with Crippen molar-refractivity contribution in [2.45, 2.75) is 6.92 Å². The molecule has 0 atom stereocenters. The molecule has 3 nitrogen and oxygen atoms in total. The lowest BCUT2D eigenvalue weighted by atomic mass is 10.2. The zero-order chi connectivity index (χ0) is 14.1.